The first kappa shape index (κ1) is 9.29. The van der Waals surface area contributed by atoms with E-state index >= 15 is 0 Å². The summed E-state index contributed by atoms with van der Waals surface area (Å²) < 4.78 is 1.67. The fourth-order valence-electron chi connectivity index (χ4n) is 1.05. The van der Waals surface area contributed by atoms with Crippen LogP contribution in [0.5, 0.6) is 0 Å². The third kappa shape index (κ3) is 1.97. The van der Waals surface area contributed by atoms with Crippen molar-refractivity contribution in [3.8, 4) is 0 Å². The highest BCUT2D eigenvalue weighted by atomic mass is 32.1. The van der Waals surface area contributed by atoms with E-state index in [1.807, 2.05) is 5.38 Å². The molecule has 0 radical (unpaired) electrons. The van der Waals surface area contributed by atoms with Gasteiger partial charge in [0.15, 0.2) is 0 Å². The van der Waals surface area contributed by atoms with Crippen LogP contribution >= 0.6 is 11.3 Å². The van der Waals surface area contributed by atoms with Gasteiger partial charge in [0, 0.05) is 11.6 Å². The lowest BCUT2D eigenvalue weighted by molar-refractivity contribution is 0.194. The summed E-state index contributed by atoms with van der Waals surface area (Å²) in [5.74, 6) is 0. The summed E-state index contributed by atoms with van der Waals surface area (Å²) in [5, 5.41) is 19.9. The summed E-state index contributed by atoms with van der Waals surface area (Å²) in [6.45, 7) is 2.27. The lowest BCUT2D eigenvalue weighted by atomic mass is 10.3. The van der Waals surface area contributed by atoms with Crippen LogP contribution in [0.15, 0.2) is 17.8 Å². The quantitative estimate of drug-likeness (QED) is 0.815. The Morgan fingerprint density at radius 2 is 2.50 bits per heavy atom. The Labute approximate surface area is 85.0 Å². The van der Waals surface area contributed by atoms with Crippen molar-refractivity contribution < 1.29 is 5.11 Å². The monoisotopic (exact) mass is 210 g/mol. The van der Waals surface area contributed by atoms with E-state index in [0.29, 0.717) is 12.2 Å². The summed E-state index contributed by atoms with van der Waals surface area (Å²) >= 11 is 1.57. The zero-order chi connectivity index (χ0) is 9.97. The molecule has 0 aliphatic heterocycles. The molecule has 74 valence electrons. The molecule has 1 atom stereocenters. The summed E-state index contributed by atoms with van der Waals surface area (Å²) in [7, 11) is 0. The van der Waals surface area contributed by atoms with Crippen molar-refractivity contribution >= 4 is 11.3 Å². The highest BCUT2D eigenvalue weighted by Gasteiger charge is 2.06. The first-order chi connectivity index (χ1) is 6.75. The van der Waals surface area contributed by atoms with Gasteiger partial charge in [-0.15, -0.1) is 16.4 Å². The SMILES string of the molecule is CC(O)c1cn(Cc2nccs2)nn1. The smallest absolute Gasteiger partial charge is 0.114 e. The van der Waals surface area contributed by atoms with E-state index in [0.717, 1.165) is 5.01 Å². The van der Waals surface area contributed by atoms with Crippen LogP contribution in [-0.2, 0) is 6.54 Å². The van der Waals surface area contributed by atoms with Gasteiger partial charge in [0.1, 0.15) is 10.7 Å². The van der Waals surface area contributed by atoms with Gasteiger partial charge < -0.3 is 5.11 Å². The molecule has 5 nitrogen and oxygen atoms in total. The standard InChI is InChI=1S/C8H10N4OS/c1-6(13)7-4-12(11-10-7)5-8-9-2-3-14-8/h2-4,6,13H,5H2,1H3. The minimum Gasteiger partial charge on any atom is -0.387 e. The molecular weight excluding hydrogens is 200 g/mol. The normalized spacial score (nSPS) is 13.0. The molecule has 14 heavy (non-hydrogen) atoms. The van der Waals surface area contributed by atoms with Crippen molar-refractivity contribution in [1.29, 1.82) is 0 Å². The van der Waals surface area contributed by atoms with Gasteiger partial charge in [-0.05, 0) is 6.92 Å². The van der Waals surface area contributed by atoms with Gasteiger partial charge >= 0.3 is 0 Å². The number of rotatable bonds is 3. The molecule has 0 spiro atoms. The third-order valence-corrected chi connectivity index (χ3v) is 2.53. The fraction of sp³-hybridized carbons (Fsp3) is 0.375. The number of nitrogens with zero attached hydrogens (tertiary/aromatic N) is 4. The second-order valence-electron chi connectivity index (χ2n) is 2.94. The van der Waals surface area contributed by atoms with E-state index in [2.05, 4.69) is 15.3 Å². The van der Waals surface area contributed by atoms with E-state index in [-0.39, 0.29) is 0 Å². The molecule has 0 aromatic carbocycles. The van der Waals surface area contributed by atoms with Gasteiger partial charge in [0.05, 0.1) is 18.8 Å². The molecule has 0 aliphatic rings. The Bertz CT molecular complexity index is 395. The molecule has 0 fully saturated rings. The molecular formula is C8H10N4OS. The molecule has 0 aliphatic carbocycles. The van der Waals surface area contributed by atoms with Crippen molar-refractivity contribution in [2.45, 2.75) is 19.6 Å². The Balaban J connectivity index is 2.11. The van der Waals surface area contributed by atoms with Gasteiger partial charge in [-0.3, -0.25) is 0 Å². The van der Waals surface area contributed by atoms with E-state index in [1.165, 1.54) is 0 Å². The van der Waals surface area contributed by atoms with Crippen molar-refractivity contribution in [2.24, 2.45) is 0 Å². The van der Waals surface area contributed by atoms with Crippen molar-refractivity contribution in [1.82, 2.24) is 20.0 Å². The molecule has 1 unspecified atom stereocenters. The van der Waals surface area contributed by atoms with Gasteiger partial charge in [0.2, 0.25) is 0 Å². The van der Waals surface area contributed by atoms with Crippen molar-refractivity contribution in [3.05, 3.63) is 28.5 Å². The first-order valence-electron chi connectivity index (χ1n) is 4.22. The average Bonchev–Trinajstić information content (AvgIpc) is 2.75. The molecule has 2 heterocycles. The Morgan fingerprint density at radius 3 is 3.07 bits per heavy atom. The summed E-state index contributed by atoms with van der Waals surface area (Å²) in [6, 6.07) is 0. The molecule has 2 aromatic heterocycles. The first-order valence-corrected chi connectivity index (χ1v) is 5.10. The minimum absolute atomic E-state index is 0.569. The van der Waals surface area contributed by atoms with Gasteiger partial charge in [-0.1, -0.05) is 5.21 Å². The molecule has 2 aromatic rings. The molecule has 0 saturated heterocycles. The predicted octanol–water partition coefficient (Wildman–Crippen LogP) is 0.836. The van der Waals surface area contributed by atoms with Crippen LogP contribution in [0.3, 0.4) is 0 Å². The highest BCUT2D eigenvalue weighted by molar-refractivity contribution is 7.09. The number of aromatic nitrogens is 4. The number of thiazole rings is 1. The second kappa shape index (κ2) is 3.85. The minimum atomic E-state index is -0.569. The third-order valence-electron chi connectivity index (χ3n) is 1.77. The van der Waals surface area contributed by atoms with Crippen molar-refractivity contribution in [2.75, 3.05) is 0 Å². The van der Waals surface area contributed by atoms with Crippen LogP contribution in [0.1, 0.15) is 23.7 Å². The number of aliphatic hydroxyl groups is 1. The van der Waals surface area contributed by atoms with Crippen LogP contribution in [0, 0.1) is 0 Å². The maximum absolute atomic E-state index is 9.23. The topological polar surface area (TPSA) is 63.8 Å². The number of hydrogen-bond acceptors (Lipinski definition) is 5. The zero-order valence-electron chi connectivity index (χ0n) is 7.66. The van der Waals surface area contributed by atoms with Gasteiger partial charge in [0.25, 0.3) is 0 Å². The zero-order valence-corrected chi connectivity index (χ0v) is 8.48. The Morgan fingerprint density at radius 1 is 1.64 bits per heavy atom. The molecule has 6 heteroatoms. The maximum Gasteiger partial charge on any atom is 0.114 e. The van der Waals surface area contributed by atoms with E-state index in [4.69, 9.17) is 0 Å². The van der Waals surface area contributed by atoms with Gasteiger partial charge in [-0.25, -0.2) is 9.67 Å². The summed E-state index contributed by atoms with van der Waals surface area (Å²) in [4.78, 5) is 4.13. The average molecular weight is 210 g/mol. The molecule has 1 N–H and O–H groups in total. The number of hydrogen-bond donors (Lipinski definition) is 1. The van der Waals surface area contributed by atoms with E-state index in [1.54, 1.807) is 35.3 Å². The molecule has 0 saturated carbocycles. The fourth-order valence-corrected chi connectivity index (χ4v) is 1.66. The predicted molar refractivity (Wildman–Crippen MR) is 51.9 cm³/mol. The largest absolute Gasteiger partial charge is 0.387 e. The Hall–Kier alpha value is -1.27. The molecule has 0 amide bonds. The van der Waals surface area contributed by atoms with Crippen LogP contribution in [-0.4, -0.2) is 25.1 Å². The van der Waals surface area contributed by atoms with E-state index in [9.17, 15) is 5.11 Å². The molecule has 2 rings (SSSR count). The van der Waals surface area contributed by atoms with Crippen LogP contribution in [0.2, 0.25) is 0 Å². The lowest BCUT2D eigenvalue weighted by Crippen LogP contribution is -1.99. The van der Waals surface area contributed by atoms with Crippen LogP contribution in [0.25, 0.3) is 0 Å². The second-order valence-corrected chi connectivity index (χ2v) is 3.92. The van der Waals surface area contributed by atoms with Gasteiger partial charge in [-0.2, -0.15) is 0 Å². The van der Waals surface area contributed by atoms with Crippen LogP contribution < -0.4 is 0 Å². The summed E-state index contributed by atoms with van der Waals surface area (Å²) in [5.41, 5.74) is 0.585. The maximum atomic E-state index is 9.23. The van der Waals surface area contributed by atoms with E-state index < -0.39 is 6.10 Å². The lowest BCUT2D eigenvalue weighted by Gasteiger charge is -1.95. The summed E-state index contributed by atoms with van der Waals surface area (Å²) in [6.07, 6.45) is 2.92. The van der Waals surface area contributed by atoms with Crippen molar-refractivity contribution in [3.63, 3.8) is 0 Å². The molecule has 0 bridgehead atoms. The van der Waals surface area contributed by atoms with Crippen LogP contribution in [0.4, 0.5) is 0 Å². The highest BCUT2D eigenvalue weighted by Crippen LogP contribution is 2.09. The number of aliphatic hydroxyl groups excluding tert-OH is 1. The Kier molecular flexibility index (Phi) is 2.55.